The predicted molar refractivity (Wildman–Crippen MR) is 124 cm³/mol. The van der Waals surface area contributed by atoms with E-state index in [1.54, 1.807) is 19.5 Å². The molecule has 0 radical (unpaired) electrons. The molecule has 0 N–H and O–H groups in total. The van der Waals surface area contributed by atoms with Crippen LogP contribution < -0.4 is 9.64 Å². The fourth-order valence-electron chi connectivity index (χ4n) is 4.36. The van der Waals surface area contributed by atoms with Crippen LogP contribution in [0, 0.1) is 0 Å². The van der Waals surface area contributed by atoms with Gasteiger partial charge in [0.1, 0.15) is 5.75 Å². The summed E-state index contributed by atoms with van der Waals surface area (Å²) >= 11 is 0. The van der Waals surface area contributed by atoms with Crippen molar-refractivity contribution >= 4 is 11.9 Å². The van der Waals surface area contributed by atoms with E-state index in [2.05, 4.69) is 19.8 Å². The molecule has 2 aliphatic heterocycles. The summed E-state index contributed by atoms with van der Waals surface area (Å²) in [4.78, 5) is 28.2. The summed E-state index contributed by atoms with van der Waals surface area (Å²) in [5.74, 6) is 1.75. The molecular weight excluding hydrogens is 402 g/mol. The van der Waals surface area contributed by atoms with Gasteiger partial charge in [0.25, 0.3) is 5.91 Å². The number of rotatable bonds is 5. The molecule has 2 saturated heterocycles. The van der Waals surface area contributed by atoms with Crippen LogP contribution in [0.2, 0.25) is 0 Å². The molecule has 2 aliphatic rings. The highest BCUT2D eigenvalue weighted by atomic mass is 16.5. The molecule has 2 fully saturated rings. The molecule has 0 spiro atoms. The topological polar surface area (TPSA) is 61.8 Å². The first-order valence-corrected chi connectivity index (χ1v) is 11.0. The molecule has 0 atom stereocenters. The average Bonchev–Trinajstić information content (AvgIpc) is 2.84. The highest BCUT2D eigenvalue weighted by Crippen LogP contribution is 2.25. The number of benzene rings is 2. The minimum atomic E-state index is 0.110. The van der Waals surface area contributed by atoms with Crippen molar-refractivity contribution in [3.8, 4) is 16.9 Å². The molecule has 5 rings (SSSR count). The van der Waals surface area contributed by atoms with Crippen LogP contribution in [0.25, 0.3) is 11.1 Å². The van der Waals surface area contributed by atoms with Crippen LogP contribution in [0.4, 0.5) is 5.95 Å². The number of likely N-dealkylation sites (tertiary alicyclic amines) is 1. The summed E-state index contributed by atoms with van der Waals surface area (Å²) in [6.45, 7) is 5.37. The number of carbonyl (C=O) groups is 1. The second kappa shape index (κ2) is 8.96. The van der Waals surface area contributed by atoms with Crippen molar-refractivity contribution < 1.29 is 9.53 Å². The molecule has 0 aliphatic carbocycles. The van der Waals surface area contributed by atoms with E-state index in [1.165, 1.54) is 0 Å². The molecular formula is C25H27N5O2. The third kappa shape index (κ3) is 4.16. The molecule has 0 bridgehead atoms. The van der Waals surface area contributed by atoms with E-state index in [9.17, 15) is 4.79 Å². The van der Waals surface area contributed by atoms with Crippen LogP contribution >= 0.6 is 0 Å². The molecule has 0 saturated carbocycles. The van der Waals surface area contributed by atoms with Gasteiger partial charge in [-0.05, 0) is 41.5 Å². The predicted octanol–water partition coefficient (Wildman–Crippen LogP) is 2.80. The Morgan fingerprint density at radius 2 is 1.47 bits per heavy atom. The van der Waals surface area contributed by atoms with Gasteiger partial charge in [0.15, 0.2) is 0 Å². The van der Waals surface area contributed by atoms with Gasteiger partial charge < -0.3 is 14.5 Å². The van der Waals surface area contributed by atoms with Gasteiger partial charge in [-0.1, -0.05) is 24.3 Å². The van der Waals surface area contributed by atoms with Gasteiger partial charge in [-0.3, -0.25) is 9.69 Å². The zero-order chi connectivity index (χ0) is 21.9. The highest BCUT2D eigenvalue weighted by Gasteiger charge is 2.36. The third-order valence-electron chi connectivity index (χ3n) is 6.37. The Hall–Kier alpha value is -3.45. The Morgan fingerprint density at radius 3 is 2.06 bits per heavy atom. The molecule has 3 aromatic rings. The lowest BCUT2D eigenvalue weighted by molar-refractivity contribution is 0.0246. The first kappa shape index (κ1) is 20.5. The summed E-state index contributed by atoms with van der Waals surface area (Å²) in [6, 6.07) is 18.1. The van der Waals surface area contributed by atoms with Crippen LogP contribution in [0.5, 0.6) is 5.75 Å². The van der Waals surface area contributed by atoms with E-state index >= 15 is 0 Å². The van der Waals surface area contributed by atoms with E-state index in [1.807, 2.05) is 59.5 Å². The summed E-state index contributed by atoms with van der Waals surface area (Å²) in [5, 5.41) is 0. The van der Waals surface area contributed by atoms with E-state index in [-0.39, 0.29) is 5.91 Å². The first-order valence-electron chi connectivity index (χ1n) is 11.0. The largest absolute Gasteiger partial charge is 0.497 e. The van der Waals surface area contributed by atoms with Gasteiger partial charge in [0.05, 0.1) is 7.11 Å². The molecule has 3 heterocycles. The lowest BCUT2D eigenvalue weighted by Crippen LogP contribution is -2.64. The minimum absolute atomic E-state index is 0.110. The van der Waals surface area contributed by atoms with Crippen molar-refractivity contribution in [2.75, 3.05) is 51.3 Å². The molecule has 1 amide bonds. The van der Waals surface area contributed by atoms with Crippen LogP contribution in [0.3, 0.4) is 0 Å². The van der Waals surface area contributed by atoms with Gasteiger partial charge >= 0.3 is 0 Å². The first-order chi connectivity index (χ1) is 15.7. The molecule has 32 heavy (non-hydrogen) atoms. The maximum Gasteiger partial charge on any atom is 0.253 e. The number of nitrogens with zero attached hydrogens (tertiary/aromatic N) is 5. The third-order valence-corrected chi connectivity index (χ3v) is 6.37. The number of hydrogen-bond donors (Lipinski definition) is 0. The number of carbonyl (C=O) groups excluding carboxylic acids is 1. The summed E-state index contributed by atoms with van der Waals surface area (Å²) in [7, 11) is 1.66. The molecule has 1 aromatic heterocycles. The number of hydrogen-bond acceptors (Lipinski definition) is 6. The van der Waals surface area contributed by atoms with E-state index in [0.717, 1.165) is 67.7 Å². The summed E-state index contributed by atoms with van der Waals surface area (Å²) in [5.41, 5.74) is 2.94. The van der Waals surface area contributed by atoms with Gasteiger partial charge in [-0.15, -0.1) is 0 Å². The van der Waals surface area contributed by atoms with E-state index in [0.29, 0.717) is 6.04 Å². The number of anilines is 1. The molecule has 164 valence electrons. The normalized spacial score (nSPS) is 17.2. The fourth-order valence-corrected chi connectivity index (χ4v) is 4.36. The number of amides is 1. The number of piperazine rings is 1. The zero-order valence-corrected chi connectivity index (χ0v) is 18.2. The lowest BCUT2D eigenvalue weighted by Gasteiger charge is -2.48. The second-order valence-corrected chi connectivity index (χ2v) is 8.24. The van der Waals surface area contributed by atoms with E-state index in [4.69, 9.17) is 4.74 Å². The average molecular weight is 430 g/mol. The van der Waals surface area contributed by atoms with Crippen molar-refractivity contribution in [3.63, 3.8) is 0 Å². The lowest BCUT2D eigenvalue weighted by atomic mass is 10.0. The number of ether oxygens (including phenoxy) is 1. The highest BCUT2D eigenvalue weighted by molar-refractivity contribution is 5.95. The van der Waals surface area contributed by atoms with Crippen molar-refractivity contribution in [1.82, 2.24) is 19.8 Å². The second-order valence-electron chi connectivity index (χ2n) is 8.24. The van der Waals surface area contributed by atoms with Gasteiger partial charge in [-0.25, -0.2) is 9.97 Å². The maximum absolute atomic E-state index is 12.9. The Kier molecular flexibility index (Phi) is 5.73. The monoisotopic (exact) mass is 429 g/mol. The Morgan fingerprint density at radius 1 is 0.875 bits per heavy atom. The van der Waals surface area contributed by atoms with Crippen molar-refractivity contribution in [2.45, 2.75) is 6.04 Å². The fraction of sp³-hybridized carbons (Fsp3) is 0.320. The van der Waals surface area contributed by atoms with Crippen molar-refractivity contribution in [2.24, 2.45) is 0 Å². The molecule has 7 heteroatoms. The summed E-state index contributed by atoms with van der Waals surface area (Å²) < 4.78 is 5.22. The summed E-state index contributed by atoms with van der Waals surface area (Å²) in [6.07, 6.45) is 3.57. The Balaban J connectivity index is 1.13. The SMILES string of the molecule is COc1ccc(-c2ccc(C(=O)N3CC(N4CCN(c5ncccn5)CC4)C3)cc2)cc1. The van der Waals surface area contributed by atoms with Crippen LogP contribution in [0.15, 0.2) is 67.0 Å². The van der Waals surface area contributed by atoms with Crippen molar-refractivity contribution in [3.05, 3.63) is 72.6 Å². The Bertz CT molecular complexity index is 1040. The van der Waals surface area contributed by atoms with Crippen molar-refractivity contribution in [1.29, 1.82) is 0 Å². The van der Waals surface area contributed by atoms with Gasteiger partial charge in [0, 0.05) is 63.3 Å². The van der Waals surface area contributed by atoms with Gasteiger partial charge in [-0.2, -0.15) is 0 Å². The molecule has 7 nitrogen and oxygen atoms in total. The van der Waals surface area contributed by atoms with Crippen LogP contribution in [-0.2, 0) is 0 Å². The number of methoxy groups -OCH3 is 1. The standard InChI is InChI=1S/C25H27N5O2/c1-32-23-9-7-20(8-10-23)19-3-5-21(6-4-19)24(31)30-17-22(18-30)28-13-15-29(16-14-28)25-26-11-2-12-27-25/h2-12,22H,13-18H2,1H3. The van der Waals surface area contributed by atoms with Gasteiger partial charge in [0.2, 0.25) is 5.95 Å². The quantitative estimate of drug-likeness (QED) is 0.622. The maximum atomic E-state index is 12.9. The molecule has 2 aromatic carbocycles. The van der Waals surface area contributed by atoms with Crippen LogP contribution in [0.1, 0.15) is 10.4 Å². The minimum Gasteiger partial charge on any atom is -0.497 e. The smallest absolute Gasteiger partial charge is 0.253 e. The number of aromatic nitrogens is 2. The van der Waals surface area contributed by atoms with Crippen LogP contribution in [-0.4, -0.2) is 78.1 Å². The Labute approximate surface area is 188 Å². The van der Waals surface area contributed by atoms with E-state index < -0.39 is 0 Å². The molecule has 0 unspecified atom stereocenters. The zero-order valence-electron chi connectivity index (χ0n) is 18.2.